The largest absolute Gasteiger partial charge is 0.374 e. The zero-order valence-corrected chi connectivity index (χ0v) is 12.5. The number of ether oxygens (including phenoxy) is 1. The van der Waals surface area contributed by atoms with E-state index in [0.29, 0.717) is 24.8 Å². The van der Waals surface area contributed by atoms with Crippen LogP contribution in [0.25, 0.3) is 0 Å². The summed E-state index contributed by atoms with van der Waals surface area (Å²) in [6.45, 7) is 4.14. The minimum atomic E-state index is -0.312. The molecule has 1 fully saturated rings. The first kappa shape index (κ1) is 14.3. The molecule has 0 spiro atoms. The van der Waals surface area contributed by atoms with Crippen LogP contribution in [0, 0.1) is 5.82 Å². The molecule has 1 aromatic rings. The molecule has 1 aromatic carbocycles. The van der Waals surface area contributed by atoms with Gasteiger partial charge in [0.1, 0.15) is 5.82 Å². The van der Waals surface area contributed by atoms with Crippen LogP contribution >= 0.6 is 27.5 Å². The molecule has 100 valence electrons. The van der Waals surface area contributed by atoms with Crippen LogP contribution in [0.2, 0.25) is 5.02 Å². The summed E-state index contributed by atoms with van der Waals surface area (Å²) in [7, 11) is 0. The maximum absolute atomic E-state index is 13.9. The van der Waals surface area contributed by atoms with Crippen LogP contribution in [0.4, 0.5) is 4.39 Å². The summed E-state index contributed by atoms with van der Waals surface area (Å²) in [5.74, 6) is -0.312. The molecule has 0 aliphatic carbocycles. The van der Waals surface area contributed by atoms with Crippen molar-refractivity contribution < 1.29 is 9.13 Å². The van der Waals surface area contributed by atoms with Gasteiger partial charge >= 0.3 is 0 Å². The van der Waals surface area contributed by atoms with Crippen LogP contribution in [0.15, 0.2) is 18.2 Å². The predicted molar refractivity (Wildman–Crippen MR) is 74.8 cm³/mol. The summed E-state index contributed by atoms with van der Waals surface area (Å²) in [4.78, 5) is 2.23. The number of halogens is 3. The van der Waals surface area contributed by atoms with Crippen molar-refractivity contribution in [2.75, 3.05) is 18.5 Å². The number of morpholine rings is 1. The molecule has 0 aromatic heterocycles. The highest BCUT2D eigenvalue weighted by Gasteiger charge is 2.26. The lowest BCUT2D eigenvalue weighted by Gasteiger charge is -2.37. The lowest BCUT2D eigenvalue weighted by atomic mass is 10.1. The Morgan fingerprint density at radius 3 is 3.06 bits per heavy atom. The standard InChI is InChI=1S/C13H16BrClFNO/c1-9-8-18-11(5-14)7-17(9)6-10-3-2-4-12(15)13(10)16/h2-4,9,11H,5-8H2,1H3. The van der Waals surface area contributed by atoms with Crippen molar-refractivity contribution in [1.82, 2.24) is 4.90 Å². The number of hydrogen-bond acceptors (Lipinski definition) is 2. The van der Waals surface area contributed by atoms with E-state index in [9.17, 15) is 4.39 Å². The molecule has 5 heteroatoms. The third-order valence-electron chi connectivity index (χ3n) is 3.21. The van der Waals surface area contributed by atoms with Gasteiger partial charge in [-0.15, -0.1) is 0 Å². The Hall–Kier alpha value is -0.160. The normalized spacial score (nSPS) is 25.3. The third kappa shape index (κ3) is 3.23. The highest BCUT2D eigenvalue weighted by atomic mass is 79.9. The van der Waals surface area contributed by atoms with Crippen LogP contribution < -0.4 is 0 Å². The van der Waals surface area contributed by atoms with E-state index < -0.39 is 0 Å². The molecular formula is C13H16BrClFNO. The summed E-state index contributed by atoms with van der Waals surface area (Å²) in [6.07, 6.45) is 0.170. The second-order valence-electron chi connectivity index (χ2n) is 4.60. The monoisotopic (exact) mass is 335 g/mol. The predicted octanol–water partition coefficient (Wildman–Crippen LogP) is 3.46. The van der Waals surface area contributed by atoms with Gasteiger partial charge < -0.3 is 4.74 Å². The Morgan fingerprint density at radius 1 is 1.56 bits per heavy atom. The summed E-state index contributed by atoms with van der Waals surface area (Å²) >= 11 is 9.22. The lowest BCUT2D eigenvalue weighted by molar-refractivity contribution is -0.0502. The summed E-state index contributed by atoms with van der Waals surface area (Å²) in [5.41, 5.74) is 0.643. The van der Waals surface area contributed by atoms with E-state index >= 15 is 0 Å². The van der Waals surface area contributed by atoms with Crippen molar-refractivity contribution in [3.63, 3.8) is 0 Å². The number of hydrogen-bond donors (Lipinski definition) is 0. The van der Waals surface area contributed by atoms with Gasteiger partial charge in [0.05, 0.1) is 17.7 Å². The van der Waals surface area contributed by atoms with Gasteiger partial charge in [-0.05, 0) is 13.0 Å². The number of benzene rings is 1. The maximum Gasteiger partial charge on any atom is 0.146 e. The molecule has 0 amide bonds. The van der Waals surface area contributed by atoms with Crippen molar-refractivity contribution in [2.24, 2.45) is 0 Å². The lowest BCUT2D eigenvalue weighted by Crippen LogP contribution is -2.48. The van der Waals surface area contributed by atoms with Crippen molar-refractivity contribution in [2.45, 2.75) is 25.6 Å². The van der Waals surface area contributed by atoms with Gasteiger partial charge in [0.15, 0.2) is 0 Å². The Kier molecular flexibility index (Phi) is 5.01. The molecular weight excluding hydrogens is 321 g/mol. The second-order valence-corrected chi connectivity index (χ2v) is 5.66. The van der Waals surface area contributed by atoms with Gasteiger partial charge in [-0.1, -0.05) is 39.7 Å². The van der Waals surface area contributed by atoms with E-state index in [1.165, 1.54) is 0 Å². The van der Waals surface area contributed by atoms with Gasteiger partial charge in [0.25, 0.3) is 0 Å². The first-order valence-corrected chi connectivity index (χ1v) is 7.46. The molecule has 1 saturated heterocycles. The molecule has 2 unspecified atom stereocenters. The van der Waals surface area contributed by atoms with Crippen molar-refractivity contribution in [3.8, 4) is 0 Å². The van der Waals surface area contributed by atoms with E-state index in [1.54, 1.807) is 18.2 Å². The van der Waals surface area contributed by atoms with E-state index in [4.69, 9.17) is 16.3 Å². The number of alkyl halides is 1. The van der Waals surface area contributed by atoms with E-state index in [-0.39, 0.29) is 16.9 Å². The first-order valence-electron chi connectivity index (χ1n) is 5.96. The Balaban J connectivity index is 2.09. The zero-order chi connectivity index (χ0) is 13.1. The fraction of sp³-hybridized carbons (Fsp3) is 0.538. The molecule has 2 nitrogen and oxygen atoms in total. The Labute approximate surface area is 120 Å². The fourth-order valence-electron chi connectivity index (χ4n) is 2.08. The SMILES string of the molecule is CC1COC(CBr)CN1Cc1cccc(Cl)c1F. The quantitative estimate of drug-likeness (QED) is 0.784. The molecule has 0 saturated carbocycles. The third-order valence-corrected chi connectivity index (χ3v) is 4.23. The van der Waals surface area contributed by atoms with Crippen molar-refractivity contribution in [3.05, 3.63) is 34.6 Å². The van der Waals surface area contributed by atoms with Crippen LogP contribution in [-0.2, 0) is 11.3 Å². The average molecular weight is 337 g/mol. The summed E-state index contributed by atoms with van der Waals surface area (Å²) < 4.78 is 19.5. The molecule has 18 heavy (non-hydrogen) atoms. The van der Waals surface area contributed by atoms with Gasteiger partial charge in [-0.3, -0.25) is 4.90 Å². The van der Waals surface area contributed by atoms with E-state index in [2.05, 4.69) is 27.8 Å². The van der Waals surface area contributed by atoms with Crippen molar-refractivity contribution >= 4 is 27.5 Å². The number of rotatable bonds is 3. The second kappa shape index (κ2) is 6.33. The highest BCUT2D eigenvalue weighted by Crippen LogP contribution is 2.22. The van der Waals surface area contributed by atoms with E-state index in [1.807, 2.05) is 0 Å². The topological polar surface area (TPSA) is 12.5 Å². The van der Waals surface area contributed by atoms with Gasteiger partial charge in [0.2, 0.25) is 0 Å². The number of nitrogens with zero attached hydrogens (tertiary/aromatic N) is 1. The van der Waals surface area contributed by atoms with Crippen LogP contribution in [0.3, 0.4) is 0 Å². The van der Waals surface area contributed by atoms with Crippen LogP contribution in [0.1, 0.15) is 12.5 Å². The van der Waals surface area contributed by atoms with E-state index in [0.717, 1.165) is 11.9 Å². The van der Waals surface area contributed by atoms with Gasteiger partial charge in [-0.25, -0.2) is 4.39 Å². The van der Waals surface area contributed by atoms with Crippen LogP contribution in [0.5, 0.6) is 0 Å². The van der Waals surface area contributed by atoms with Crippen LogP contribution in [-0.4, -0.2) is 35.5 Å². The van der Waals surface area contributed by atoms with Gasteiger partial charge in [0, 0.05) is 30.0 Å². The molecule has 2 atom stereocenters. The molecule has 1 aliphatic heterocycles. The molecule has 1 aliphatic rings. The summed E-state index contributed by atoms with van der Waals surface area (Å²) in [5, 5.41) is 0.985. The molecule has 0 bridgehead atoms. The molecule has 0 radical (unpaired) electrons. The molecule has 1 heterocycles. The fourth-order valence-corrected chi connectivity index (χ4v) is 2.66. The molecule has 2 rings (SSSR count). The van der Waals surface area contributed by atoms with Gasteiger partial charge in [-0.2, -0.15) is 0 Å². The Morgan fingerprint density at radius 2 is 2.33 bits per heavy atom. The van der Waals surface area contributed by atoms with Crippen molar-refractivity contribution in [1.29, 1.82) is 0 Å². The maximum atomic E-state index is 13.9. The molecule has 0 N–H and O–H groups in total. The Bertz CT molecular complexity index is 418. The smallest absolute Gasteiger partial charge is 0.146 e. The first-order chi connectivity index (χ1) is 8.61. The minimum absolute atomic E-state index is 0.170. The highest BCUT2D eigenvalue weighted by molar-refractivity contribution is 9.09. The summed E-state index contributed by atoms with van der Waals surface area (Å²) in [6, 6.07) is 5.43. The zero-order valence-electron chi connectivity index (χ0n) is 10.2. The average Bonchev–Trinajstić information content (AvgIpc) is 2.37. The minimum Gasteiger partial charge on any atom is -0.374 e.